The zero-order valence-corrected chi connectivity index (χ0v) is 18.6. The number of ether oxygens (including phenoxy) is 2. The van der Waals surface area contributed by atoms with Gasteiger partial charge in [0, 0.05) is 31.5 Å². The molecule has 1 aliphatic rings. The van der Waals surface area contributed by atoms with Crippen LogP contribution in [0.25, 0.3) is 0 Å². The first-order valence-corrected chi connectivity index (χ1v) is 10.8. The van der Waals surface area contributed by atoms with Crippen molar-refractivity contribution in [3.8, 4) is 6.07 Å². The summed E-state index contributed by atoms with van der Waals surface area (Å²) in [6, 6.07) is 3.34. The van der Waals surface area contributed by atoms with Crippen LogP contribution in [0.5, 0.6) is 0 Å². The Labute approximate surface area is 176 Å². The highest BCUT2D eigenvalue weighted by Gasteiger charge is 2.49. The molecule has 168 valence electrons. The average Bonchev–Trinajstić information content (AvgIpc) is 2.96. The highest BCUT2D eigenvalue weighted by atomic mass is 31.2. The maximum absolute atomic E-state index is 12.2. The topological polar surface area (TPSA) is 139 Å². The zero-order valence-electron chi connectivity index (χ0n) is 17.7. The molecule has 0 bridgehead atoms. The van der Waals surface area contributed by atoms with Crippen LogP contribution in [0, 0.1) is 11.3 Å². The van der Waals surface area contributed by atoms with Gasteiger partial charge in [0.05, 0.1) is 19.1 Å². The van der Waals surface area contributed by atoms with Crippen molar-refractivity contribution in [2.45, 2.75) is 70.9 Å². The van der Waals surface area contributed by atoms with Gasteiger partial charge in [-0.25, -0.2) is 9.46 Å². The predicted molar refractivity (Wildman–Crippen MR) is 108 cm³/mol. The Morgan fingerprint density at radius 1 is 1.33 bits per heavy atom. The van der Waals surface area contributed by atoms with E-state index in [1.807, 2.05) is 38.4 Å². The van der Waals surface area contributed by atoms with Crippen molar-refractivity contribution in [3.05, 3.63) is 33.1 Å². The lowest BCUT2D eigenvalue weighted by atomic mass is 10.2. The van der Waals surface area contributed by atoms with Crippen molar-refractivity contribution < 1.29 is 23.6 Å². The van der Waals surface area contributed by atoms with Crippen LogP contribution in [0.15, 0.2) is 21.9 Å². The van der Waals surface area contributed by atoms with E-state index in [4.69, 9.17) is 23.8 Å². The maximum Gasteiger partial charge on any atom is 0.330 e. The molecule has 2 heterocycles. The molecule has 0 spiro atoms. The number of nitrogens with zero attached hydrogens (tertiary/aromatic N) is 3. The van der Waals surface area contributed by atoms with Crippen molar-refractivity contribution in [1.82, 2.24) is 14.2 Å². The number of aromatic amines is 1. The second-order valence-electron chi connectivity index (χ2n) is 7.25. The Kier molecular flexibility index (Phi) is 9.12. The fraction of sp³-hybridized carbons (Fsp3) is 0.722. The largest absolute Gasteiger partial charge is 0.374 e. The van der Waals surface area contributed by atoms with Crippen LogP contribution in [0.3, 0.4) is 0 Å². The number of aliphatic hydroxyl groups excluding tert-OH is 1. The fourth-order valence-electron chi connectivity index (χ4n) is 3.23. The Hall–Kier alpha value is -1.64. The molecule has 1 aliphatic heterocycles. The molecule has 0 aliphatic carbocycles. The maximum atomic E-state index is 12.2. The van der Waals surface area contributed by atoms with Gasteiger partial charge >= 0.3 is 5.69 Å². The Morgan fingerprint density at radius 3 is 2.53 bits per heavy atom. The molecule has 0 radical (unpaired) electrons. The van der Waals surface area contributed by atoms with Gasteiger partial charge in [-0.3, -0.25) is 14.3 Å². The zero-order chi connectivity index (χ0) is 22.4. The van der Waals surface area contributed by atoms with Gasteiger partial charge in [0.1, 0.15) is 12.2 Å². The van der Waals surface area contributed by atoms with Crippen molar-refractivity contribution in [1.29, 1.82) is 5.26 Å². The first-order chi connectivity index (χ1) is 14.2. The van der Waals surface area contributed by atoms with Crippen LogP contribution >= 0.6 is 8.53 Å². The lowest BCUT2D eigenvalue weighted by molar-refractivity contribution is -0.140. The van der Waals surface area contributed by atoms with E-state index in [0.29, 0.717) is 0 Å². The first-order valence-electron chi connectivity index (χ1n) is 9.64. The number of aliphatic hydroxyl groups is 1. The highest BCUT2D eigenvalue weighted by Crippen LogP contribution is 2.50. The van der Waals surface area contributed by atoms with Gasteiger partial charge in [0.25, 0.3) is 14.1 Å². The van der Waals surface area contributed by atoms with Gasteiger partial charge in [0.2, 0.25) is 0 Å². The van der Waals surface area contributed by atoms with Crippen LogP contribution in [0.1, 0.15) is 40.3 Å². The van der Waals surface area contributed by atoms with E-state index in [9.17, 15) is 14.7 Å². The quantitative estimate of drug-likeness (QED) is 0.400. The molecule has 0 amide bonds. The van der Waals surface area contributed by atoms with E-state index in [1.165, 1.54) is 19.4 Å². The summed E-state index contributed by atoms with van der Waals surface area (Å²) in [5.74, 6) is 0. The van der Waals surface area contributed by atoms with Gasteiger partial charge in [-0.1, -0.05) is 0 Å². The van der Waals surface area contributed by atoms with E-state index in [0.717, 1.165) is 4.57 Å². The minimum absolute atomic E-state index is 0.0660. The molecule has 1 saturated heterocycles. The van der Waals surface area contributed by atoms with Crippen molar-refractivity contribution in [3.63, 3.8) is 0 Å². The van der Waals surface area contributed by atoms with E-state index >= 15 is 0 Å². The number of hydrogen-bond acceptors (Lipinski definition) is 9. The minimum Gasteiger partial charge on any atom is -0.374 e. The van der Waals surface area contributed by atoms with Crippen LogP contribution in [-0.2, 0) is 18.5 Å². The SMILES string of the molecule is COC1C(OP(OCCC#N)N(C(C)C)C(C)C)C(O)OC1n1ccc(=O)[nH]c1=O. The third kappa shape index (κ3) is 5.74. The summed E-state index contributed by atoms with van der Waals surface area (Å²) in [5, 5.41) is 19.4. The minimum atomic E-state index is -1.67. The summed E-state index contributed by atoms with van der Waals surface area (Å²) in [6.45, 7) is 8.13. The van der Waals surface area contributed by atoms with Crippen molar-refractivity contribution in [2.75, 3.05) is 13.7 Å². The molecule has 0 aromatic carbocycles. The van der Waals surface area contributed by atoms with E-state index in [1.54, 1.807) is 0 Å². The smallest absolute Gasteiger partial charge is 0.330 e. The molecule has 1 aromatic heterocycles. The molecule has 2 N–H and O–H groups in total. The number of rotatable bonds is 10. The van der Waals surface area contributed by atoms with E-state index < -0.39 is 44.5 Å². The molecule has 1 aromatic rings. The Morgan fingerprint density at radius 2 is 2.00 bits per heavy atom. The monoisotopic (exact) mass is 444 g/mol. The second-order valence-corrected chi connectivity index (χ2v) is 8.66. The van der Waals surface area contributed by atoms with Gasteiger partial charge in [-0.2, -0.15) is 5.26 Å². The molecule has 12 heteroatoms. The number of hydrogen-bond donors (Lipinski definition) is 2. The molecule has 5 unspecified atom stereocenters. The Bertz CT molecular complexity index is 829. The van der Waals surface area contributed by atoms with Crippen molar-refractivity contribution >= 4 is 8.53 Å². The summed E-state index contributed by atoms with van der Waals surface area (Å²) < 4.78 is 26.2. The van der Waals surface area contributed by atoms with Gasteiger partial charge in [-0.15, -0.1) is 0 Å². The number of nitrogens with one attached hydrogen (secondary N) is 1. The van der Waals surface area contributed by atoms with Crippen LogP contribution in [-0.4, -0.2) is 63.6 Å². The summed E-state index contributed by atoms with van der Waals surface area (Å²) in [4.78, 5) is 25.7. The summed E-state index contributed by atoms with van der Waals surface area (Å²) >= 11 is 0. The first kappa shape index (κ1) is 24.6. The second kappa shape index (κ2) is 11.1. The Balaban J connectivity index is 2.30. The molecule has 11 nitrogen and oxygen atoms in total. The van der Waals surface area contributed by atoms with E-state index in [-0.39, 0.29) is 25.1 Å². The van der Waals surface area contributed by atoms with E-state index in [2.05, 4.69) is 4.98 Å². The van der Waals surface area contributed by atoms with Crippen LogP contribution in [0.2, 0.25) is 0 Å². The molecule has 1 fully saturated rings. The molecular formula is C18H29N4O7P. The summed E-state index contributed by atoms with van der Waals surface area (Å²) in [6.07, 6.45) is -2.76. The molecule has 2 rings (SSSR count). The fourth-order valence-corrected chi connectivity index (χ4v) is 4.97. The molecule has 0 saturated carbocycles. The summed E-state index contributed by atoms with van der Waals surface area (Å²) in [7, 11) is -0.258. The summed E-state index contributed by atoms with van der Waals surface area (Å²) in [5.41, 5.74) is -1.24. The predicted octanol–water partition coefficient (Wildman–Crippen LogP) is 1.06. The third-order valence-electron chi connectivity index (χ3n) is 4.44. The van der Waals surface area contributed by atoms with Crippen LogP contribution in [0.4, 0.5) is 0 Å². The molecule has 30 heavy (non-hydrogen) atoms. The number of H-pyrrole nitrogens is 1. The van der Waals surface area contributed by atoms with Gasteiger partial charge in [0.15, 0.2) is 12.5 Å². The number of aromatic nitrogens is 2. The molecular weight excluding hydrogens is 415 g/mol. The number of methoxy groups -OCH3 is 1. The highest BCUT2D eigenvalue weighted by molar-refractivity contribution is 7.44. The van der Waals surface area contributed by atoms with Crippen LogP contribution < -0.4 is 11.2 Å². The molecule has 5 atom stereocenters. The third-order valence-corrected chi connectivity index (χ3v) is 6.56. The number of nitriles is 1. The van der Waals surface area contributed by atoms with Crippen molar-refractivity contribution in [2.24, 2.45) is 0 Å². The van der Waals surface area contributed by atoms with Gasteiger partial charge in [-0.05, 0) is 27.7 Å². The average molecular weight is 444 g/mol. The van der Waals surface area contributed by atoms with Gasteiger partial charge < -0.3 is 23.6 Å². The standard InChI is InChI=1S/C18H29N4O7P/c1-11(2)22(12(3)4)30(27-10-6-8-19)29-15-14(26-5)16(28-17(15)24)21-9-7-13(23)20-18(21)25/h7,9,11-12,14-17,24H,6,10H2,1-5H3,(H,20,23,25). The normalized spacial score (nSPS) is 25.2. The lowest BCUT2D eigenvalue weighted by Gasteiger charge is -2.37. The lowest BCUT2D eigenvalue weighted by Crippen LogP contribution is -2.41.